The van der Waals surface area contributed by atoms with Gasteiger partial charge in [-0.2, -0.15) is 5.10 Å². The summed E-state index contributed by atoms with van der Waals surface area (Å²) < 4.78 is 7.48. The van der Waals surface area contributed by atoms with Gasteiger partial charge in [-0.05, 0) is 74.0 Å². The van der Waals surface area contributed by atoms with Crippen molar-refractivity contribution in [2.45, 2.75) is 33.7 Å². The fourth-order valence-corrected chi connectivity index (χ4v) is 3.67. The number of carbonyl (C=O) groups excluding carboxylic acids is 2. The molecule has 2 N–H and O–H groups in total. The highest BCUT2D eigenvalue weighted by Gasteiger charge is 2.20. The van der Waals surface area contributed by atoms with E-state index in [1.807, 2.05) is 19.9 Å². The standard InChI is InChI=1S/C20H20BrClN4O3/c1-10-7-17(21)29-18(10)20(28)23-14-5-6-16(15(22)9-14)24-19(27)13(4)26-12(3)8-11(2)25-26/h5-9,13H,1-4H3,(H,23,28)(H,24,27). The summed E-state index contributed by atoms with van der Waals surface area (Å²) in [6, 6.07) is 7.98. The third-order valence-electron chi connectivity index (χ3n) is 4.37. The number of hydrogen-bond donors (Lipinski definition) is 2. The third kappa shape index (κ3) is 4.71. The van der Waals surface area contributed by atoms with Gasteiger partial charge in [0.15, 0.2) is 10.4 Å². The Morgan fingerprint density at radius 2 is 1.90 bits per heavy atom. The van der Waals surface area contributed by atoms with Gasteiger partial charge in [0.25, 0.3) is 5.91 Å². The number of aryl methyl sites for hydroxylation is 3. The van der Waals surface area contributed by atoms with Gasteiger partial charge in [-0.15, -0.1) is 0 Å². The Morgan fingerprint density at radius 1 is 1.17 bits per heavy atom. The molecule has 7 nitrogen and oxygen atoms in total. The maximum atomic E-state index is 12.6. The quantitative estimate of drug-likeness (QED) is 0.522. The van der Waals surface area contributed by atoms with Crippen LogP contribution in [0.3, 0.4) is 0 Å². The zero-order valence-corrected chi connectivity index (χ0v) is 18.7. The van der Waals surface area contributed by atoms with Gasteiger partial charge < -0.3 is 15.1 Å². The Balaban J connectivity index is 1.70. The molecule has 0 saturated carbocycles. The van der Waals surface area contributed by atoms with Gasteiger partial charge in [0.1, 0.15) is 6.04 Å². The van der Waals surface area contributed by atoms with E-state index >= 15 is 0 Å². The average Bonchev–Trinajstić information content (AvgIpc) is 3.16. The van der Waals surface area contributed by atoms with Gasteiger partial charge in [-0.3, -0.25) is 14.3 Å². The number of rotatable bonds is 5. The summed E-state index contributed by atoms with van der Waals surface area (Å²) in [6.07, 6.45) is 0. The minimum atomic E-state index is -0.500. The van der Waals surface area contributed by atoms with E-state index in [-0.39, 0.29) is 17.6 Å². The Morgan fingerprint density at radius 3 is 2.45 bits per heavy atom. The Hall–Kier alpha value is -2.58. The van der Waals surface area contributed by atoms with Crippen molar-refractivity contribution < 1.29 is 14.0 Å². The highest BCUT2D eigenvalue weighted by Crippen LogP contribution is 2.27. The maximum Gasteiger partial charge on any atom is 0.291 e. The number of halogens is 2. The Bertz CT molecular complexity index is 1090. The van der Waals surface area contributed by atoms with Crippen molar-refractivity contribution >= 4 is 50.7 Å². The second kappa shape index (κ2) is 8.42. The summed E-state index contributed by atoms with van der Waals surface area (Å²) in [7, 11) is 0. The Labute approximate surface area is 181 Å². The molecule has 0 aliphatic heterocycles. The summed E-state index contributed by atoms with van der Waals surface area (Å²) in [6.45, 7) is 7.31. The van der Waals surface area contributed by atoms with Crippen LogP contribution in [0.15, 0.2) is 39.4 Å². The molecule has 0 aliphatic rings. The van der Waals surface area contributed by atoms with Crippen LogP contribution < -0.4 is 10.6 Å². The topological polar surface area (TPSA) is 89.2 Å². The molecule has 2 aromatic heterocycles. The second-order valence-corrected chi connectivity index (χ2v) is 7.94. The lowest BCUT2D eigenvalue weighted by molar-refractivity contribution is -0.119. The number of benzene rings is 1. The molecule has 29 heavy (non-hydrogen) atoms. The van der Waals surface area contributed by atoms with E-state index in [4.69, 9.17) is 16.0 Å². The lowest BCUT2D eigenvalue weighted by Gasteiger charge is -2.15. The van der Waals surface area contributed by atoms with Crippen molar-refractivity contribution in [2.75, 3.05) is 10.6 Å². The van der Waals surface area contributed by atoms with Crippen LogP contribution in [0.1, 0.15) is 40.5 Å². The molecule has 3 rings (SSSR count). The van der Waals surface area contributed by atoms with Crippen LogP contribution in [-0.2, 0) is 4.79 Å². The summed E-state index contributed by atoms with van der Waals surface area (Å²) in [4.78, 5) is 25.0. The van der Waals surface area contributed by atoms with Crippen LogP contribution in [0.4, 0.5) is 11.4 Å². The van der Waals surface area contributed by atoms with Crippen LogP contribution >= 0.6 is 27.5 Å². The molecule has 1 atom stereocenters. The highest BCUT2D eigenvalue weighted by atomic mass is 79.9. The number of carbonyl (C=O) groups is 2. The number of aromatic nitrogens is 2. The van der Waals surface area contributed by atoms with Crippen molar-refractivity contribution in [1.82, 2.24) is 9.78 Å². The molecule has 0 bridgehead atoms. The fourth-order valence-electron chi connectivity index (χ4n) is 2.94. The molecule has 152 valence electrons. The van der Waals surface area contributed by atoms with Crippen molar-refractivity contribution in [1.29, 1.82) is 0 Å². The van der Waals surface area contributed by atoms with Gasteiger partial charge in [0, 0.05) is 16.9 Å². The van der Waals surface area contributed by atoms with Crippen molar-refractivity contribution in [3.8, 4) is 0 Å². The van der Waals surface area contributed by atoms with Crippen molar-refractivity contribution in [3.63, 3.8) is 0 Å². The summed E-state index contributed by atoms with van der Waals surface area (Å²) in [5.41, 5.74) is 3.38. The lowest BCUT2D eigenvalue weighted by atomic mass is 10.2. The largest absolute Gasteiger partial charge is 0.444 e. The summed E-state index contributed by atoms with van der Waals surface area (Å²) >= 11 is 9.51. The first-order chi connectivity index (χ1) is 13.7. The maximum absolute atomic E-state index is 12.6. The molecule has 2 amide bonds. The smallest absolute Gasteiger partial charge is 0.291 e. The molecule has 2 heterocycles. The molecule has 0 aliphatic carbocycles. The average molecular weight is 480 g/mol. The Kier molecular flexibility index (Phi) is 6.14. The first-order valence-corrected chi connectivity index (χ1v) is 10.0. The monoisotopic (exact) mass is 478 g/mol. The molecular weight excluding hydrogens is 460 g/mol. The number of anilines is 2. The first kappa shape index (κ1) is 21.1. The predicted molar refractivity (Wildman–Crippen MR) is 116 cm³/mol. The molecule has 0 fully saturated rings. The van der Waals surface area contributed by atoms with Gasteiger partial charge in [0.05, 0.1) is 16.4 Å². The zero-order valence-electron chi connectivity index (χ0n) is 16.3. The highest BCUT2D eigenvalue weighted by molar-refractivity contribution is 9.10. The molecule has 1 unspecified atom stereocenters. The molecule has 0 saturated heterocycles. The van der Waals surface area contributed by atoms with Crippen LogP contribution in [0, 0.1) is 20.8 Å². The molecule has 1 aromatic carbocycles. The minimum Gasteiger partial charge on any atom is -0.444 e. The fraction of sp³-hybridized carbons (Fsp3) is 0.250. The van der Waals surface area contributed by atoms with Gasteiger partial charge in [-0.1, -0.05) is 11.6 Å². The number of hydrogen-bond acceptors (Lipinski definition) is 4. The third-order valence-corrected chi connectivity index (χ3v) is 5.07. The van der Waals surface area contributed by atoms with E-state index in [2.05, 4.69) is 31.7 Å². The molecule has 9 heteroatoms. The number of nitrogens with one attached hydrogen (secondary N) is 2. The van der Waals surface area contributed by atoms with Crippen LogP contribution in [-0.4, -0.2) is 21.6 Å². The predicted octanol–water partition coefficient (Wildman–Crippen LogP) is 5.27. The van der Waals surface area contributed by atoms with E-state index in [0.717, 1.165) is 11.4 Å². The van der Waals surface area contributed by atoms with Gasteiger partial charge >= 0.3 is 0 Å². The number of nitrogens with zero attached hydrogens (tertiary/aromatic N) is 2. The van der Waals surface area contributed by atoms with Crippen LogP contribution in [0.25, 0.3) is 0 Å². The normalized spacial score (nSPS) is 11.9. The van der Waals surface area contributed by atoms with Crippen LogP contribution in [0.5, 0.6) is 0 Å². The van der Waals surface area contributed by atoms with E-state index in [9.17, 15) is 9.59 Å². The number of amides is 2. The number of furan rings is 1. The minimum absolute atomic E-state index is 0.212. The van der Waals surface area contributed by atoms with E-state index in [1.54, 1.807) is 42.8 Å². The molecular formula is C20H20BrClN4O3. The van der Waals surface area contributed by atoms with E-state index < -0.39 is 6.04 Å². The summed E-state index contributed by atoms with van der Waals surface area (Å²) in [5.74, 6) is -0.422. The summed E-state index contributed by atoms with van der Waals surface area (Å²) in [5, 5.41) is 10.2. The second-order valence-electron chi connectivity index (χ2n) is 6.75. The van der Waals surface area contributed by atoms with E-state index in [1.165, 1.54) is 0 Å². The van der Waals surface area contributed by atoms with Gasteiger partial charge in [0.2, 0.25) is 5.91 Å². The molecule has 3 aromatic rings. The van der Waals surface area contributed by atoms with E-state index in [0.29, 0.717) is 26.6 Å². The molecule has 0 radical (unpaired) electrons. The molecule has 0 spiro atoms. The zero-order chi connectivity index (χ0) is 21.3. The SMILES string of the molecule is Cc1cc(C)n(C(C)C(=O)Nc2ccc(NC(=O)c3oc(Br)cc3C)cc2Cl)n1. The van der Waals surface area contributed by atoms with Crippen molar-refractivity contribution in [2.24, 2.45) is 0 Å². The van der Waals surface area contributed by atoms with Gasteiger partial charge in [-0.25, -0.2) is 0 Å². The van der Waals surface area contributed by atoms with Crippen molar-refractivity contribution in [3.05, 3.63) is 62.7 Å². The lowest BCUT2D eigenvalue weighted by Crippen LogP contribution is -2.25. The van der Waals surface area contributed by atoms with Crippen LogP contribution in [0.2, 0.25) is 5.02 Å². The first-order valence-electron chi connectivity index (χ1n) is 8.86.